The van der Waals surface area contributed by atoms with Crippen molar-refractivity contribution < 1.29 is 19.1 Å². The Bertz CT molecular complexity index is 248. The van der Waals surface area contributed by atoms with Gasteiger partial charge >= 0.3 is 7.60 Å². The molecule has 0 saturated carbocycles. The van der Waals surface area contributed by atoms with Crippen molar-refractivity contribution in [3.63, 3.8) is 0 Å². The highest BCUT2D eigenvalue weighted by atomic mass is 32.2. The van der Waals surface area contributed by atoms with Crippen molar-refractivity contribution in [3.8, 4) is 0 Å². The summed E-state index contributed by atoms with van der Waals surface area (Å²) in [5.74, 6) is -0.133. The first kappa shape index (κ1) is 14.3. The fourth-order valence-electron chi connectivity index (χ4n) is 0.887. The molecule has 0 aliphatic rings. The number of amides is 1. The summed E-state index contributed by atoms with van der Waals surface area (Å²) in [6, 6.07) is 0. The molecule has 0 bridgehead atoms. The highest BCUT2D eigenvalue weighted by Gasteiger charge is 2.53. The smallest absolute Gasteiger partial charge is 0.361 e. The third kappa shape index (κ3) is 2.90. The van der Waals surface area contributed by atoms with E-state index in [0.717, 1.165) is 23.5 Å². The third-order valence-corrected chi connectivity index (χ3v) is 7.03. The van der Waals surface area contributed by atoms with Gasteiger partial charge in [0.25, 0.3) is 5.91 Å². The van der Waals surface area contributed by atoms with Crippen molar-refractivity contribution in [1.29, 1.82) is 0 Å². The van der Waals surface area contributed by atoms with Crippen molar-refractivity contribution in [1.82, 2.24) is 0 Å². The van der Waals surface area contributed by atoms with E-state index in [9.17, 15) is 9.36 Å². The summed E-state index contributed by atoms with van der Waals surface area (Å²) in [4.78, 5) is 29.4. The van der Waals surface area contributed by atoms with E-state index in [1.807, 2.05) is 0 Å². The van der Waals surface area contributed by atoms with Crippen LogP contribution in [0.2, 0.25) is 0 Å². The van der Waals surface area contributed by atoms with Gasteiger partial charge in [0.05, 0.1) is 0 Å². The summed E-state index contributed by atoms with van der Waals surface area (Å²) in [5.41, 5.74) is 5.06. The highest BCUT2D eigenvalue weighted by molar-refractivity contribution is 8.26. The molecule has 0 aliphatic carbocycles. The van der Waals surface area contributed by atoms with Crippen LogP contribution in [0.1, 0.15) is 13.8 Å². The van der Waals surface area contributed by atoms with E-state index in [1.165, 1.54) is 0 Å². The summed E-state index contributed by atoms with van der Waals surface area (Å²) in [5, 5.41) is 0. The molecule has 0 spiro atoms. The van der Waals surface area contributed by atoms with Gasteiger partial charge in [0, 0.05) is 0 Å². The molecule has 5 nitrogen and oxygen atoms in total. The molecule has 0 unspecified atom stereocenters. The zero-order chi connectivity index (χ0) is 11.4. The molecule has 84 valence electrons. The minimum Gasteiger partial charge on any atom is -0.367 e. The van der Waals surface area contributed by atoms with Gasteiger partial charge in [-0.15, -0.1) is 23.5 Å². The van der Waals surface area contributed by atoms with Gasteiger partial charge in [0.15, 0.2) is 0 Å². The predicted molar refractivity (Wildman–Crippen MR) is 60.2 cm³/mol. The van der Waals surface area contributed by atoms with Crippen molar-refractivity contribution in [2.24, 2.45) is 5.73 Å². The molecule has 14 heavy (non-hydrogen) atoms. The van der Waals surface area contributed by atoms with Crippen LogP contribution >= 0.6 is 31.1 Å². The Kier molecular flexibility index (Phi) is 5.54. The van der Waals surface area contributed by atoms with Crippen molar-refractivity contribution >= 4 is 37.0 Å². The maximum absolute atomic E-state index is 11.2. The molecule has 0 aromatic carbocycles. The second-order valence-electron chi connectivity index (χ2n) is 2.36. The number of primary amides is 1. The van der Waals surface area contributed by atoms with Crippen LogP contribution in [-0.4, -0.2) is 31.0 Å². The van der Waals surface area contributed by atoms with Crippen LogP contribution in [0.3, 0.4) is 0 Å². The Morgan fingerprint density at radius 1 is 1.36 bits per heavy atom. The van der Waals surface area contributed by atoms with E-state index in [0.29, 0.717) is 11.5 Å². The summed E-state index contributed by atoms with van der Waals surface area (Å²) >= 11 is 1.78. The van der Waals surface area contributed by atoms with E-state index in [1.54, 1.807) is 13.8 Å². The molecule has 4 N–H and O–H groups in total. The first-order chi connectivity index (χ1) is 6.31. The molecule has 0 aromatic rings. The monoisotopic (exact) mass is 259 g/mol. The first-order valence-corrected chi connectivity index (χ1v) is 7.53. The number of carbonyl (C=O) groups is 1. The summed E-state index contributed by atoms with van der Waals surface area (Å²) in [6.07, 6.45) is 0. The Hall–Kier alpha value is 0.320. The number of thioether (sulfide) groups is 2. The number of hydrogen-bond donors (Lipinski definition) is 3. The van der Waals surface area contributed by atoms with Crippen molar-refractivity contribution in [2.75, 3.05) is 11.5 Å². The van der Waals surface area contributed by atoms with Crippen LogP contribution < -0.4 is 5.73 Å². The molecule has 0 radical (unpaired) electrons. The Morgan fingerprint density at radius 3 is 1.86 bits per heavy atom. The van der Waals surface area contributed by atoms with E-state index in [-0.39, 0.29) is 0 Å². The van der Waals surface area contributed by atoms with Gasteiger partial charge in [-0.3, -0.25) is 9.36 Å². The lowest BCUT2D eigenvalue weighted by atomic mass is 10.7. The Balaban J connectivity index is 5.15. The molecule has 0 aromatic heterocycles. The SMILES string of the molecule is CCSC(SCC)(C(N)=O)P(=O)(O)O. The largest absolute Gasteiger partial charge is 0.367 e. The lowest BCUT2D eigenvalue weighted by Gasteiger charge is -2.28. The minimum atomic E-state index is -4.54. The lowest BCUT2D eigenvalue weighted by molar-refractivity contribution is -0.117. The summed E-state index contributed by atoms with van der Waals surface area (Å²) in [7, 11) is -4.54. The van der Waals surface area contributed by atoms with Crippen LogP contribution in [0.25, 0.3) is 0 Å². The van der Waals surface area contributed by atoms with Gasteiger partial charge in [-0.2, -0.15) is 0 Å². The van der Waals surface area contributed by atoms with Gasteiger partial charge in [-0.1, -0.05) is 13.8 Å². The summed E-state index contributed by atoms with van der Waals surface area (Å²) < 4.78 is 9.40. The fraction of sp³-hybridized carbons (Fsp3) is 0.833. The van der Waals surface area contributed by atoms with Crippen LogP contribution in [-0.2, 0) is 9.36 Å². The quantitative estimate of drug-likeness (QED) is 0.482. The molecule has 0 heterocycles. The van der Waals surface area contributed by atoms with Crippen molar-refractivity contribution in [3.05, 3.63) is 0 Å². The van der Waals surface area contributed by atoms with Crippen LogP contribution in [0, 0.1) is 0 Å². The standard InChI is InChI=1S/C6H14NO4PS2/c1-3-13-6(5(7)8,14-4-2)12(9,10)11/h3-4H2,1-2H3,(H2,7,8)(H2,9,10,11). The average Bonchev–Trinajstić information content (AvgIpc) is 2.01. The number of carbonyl (C=O) groups excluding carboxylic acids is 1. The predicted octanol–water partition coefficient (Wildman–Crippen LogP) is 0.809. The molecule has 0 aliphatic heterocycles. The topological polar surface area (TPSA) is 101 Å². The van der Waals surface area contributed by atoms with Gasteiger partial charge in [-0.25, -0.2) is 0 Å². The minimum absolute atomic E-state index is 0.418. The molecule has 8 heteroatoms. The molecule has 0 saturated heterocycles. The summed E-state index contributed by atoms with van der Waals surface area (Å²) in [6.45, 7) is 3.43. The Morgan fingerprint density at radius 2 is 1.71 bits per heavy atom. The molecular formula is C6H14NO4PS2. The fourth-order valence-corrected chi connectivity index (χ4v) is 5.40. The third-order valence-electron chi connectivity index (χ3n) is 1.37. The van der Waals surface area contributed by atoms with E-state index >= 15 is 0 Å². The highest BCUT2D eigenvalue weighted by Crippen LogP contribution is 2.62. The van der Waals surface area contributed by atoms with Crippen LogP contribution in [0.4, 0.5) is 0 Å². The van der Waals surface area contributed by atoms with Gasteiger partial charge in [0.2, 0.25) is 3.82 Å². The number of hydrogen-bond acceptors (Lipinski definition) is 4. The zero-order valence-electron chi connectivity index (χ0n) is 7.97. The van der Waals surface area contributed by atoms with Gasteiger partial charge < -0.3 is 15.5 Å². The molecular weight excluding hydrogens is 245 g/mol. The second kappa shape index (κ2) is 5.42. The number of rotatable bonds is 6. The maximum Gasteiger partial charge on any atom is 0.361 e. The van der Waals surface area contributed by atoms with Crippen LogP contribution in [0.15, 0.2) is 0 Å². The van der Waals surface area contributed by atoms with Crippen molar-refractivity contribution in [2.45, 2.75) is 17.7 Å². The van der Waals surface area contributed by atoms with Gasteiger partial charge in [0.1, 0.15) is 0 Å². The molecule has 1 amide bonds. The Labute approximate surface area is 91.4 Å². The molecule has 0 fully saturated rings. The second-order valence-corrected chi connectivity index (χ2v) is 7.94. The molecule has 0 atom stereocenters. The van der Waals surface area contributed by atoms with E-state index in [4.69, 9.17) is 15.5 Å². The van der Waals surface area contributed by atoms with E-state index < -0.39 is 17.3 Å². The first-order valence-electron chi connectivity index (χ1n) is 3.95. The van der Waals surface area contributed by atoms with E-state index in [2.05, 4.69) is 0 Å². The maximum atomic E-state index is 11.2. The lowest BCUT2D eigenvalue weighted by Crippen LogP contribution is -2.38. The molecule has 0 rings (SSSR count). The number of nitrogens with two attached hydrogens (primary N) is 1. The zero-order valence-corrected chi connectivity index (χ0v) is 10.5. The van der Waals surface area contributed by atoms with Crippen LogP contribution in [0.5, 0.6) is 0 Å². The van der Waals surface area contributed by atoms with Gasteiger partial charge in [-0.05, 0) is 11.5 Å². The normalized spacial score (nSPS) is 12.9. The average molecular weight is 259 g/mol.